The molecule has 0 fully saturated rings. The third-order valence-corrected chi connectivity index (χ3v) is 4.87. The molecule has 0 amide bonds. The van der Waals surface area contributed by atoms with Gasteiger partial charge in [-0.2, -0.15) is 5.10 Å². The normalized spacial score (nSPS) is 11.9. The Kier molecular flexibility index (Phi) is 8.03. The lowest BCUT2D eigenvalue weighted by molar-refractivity contribution is 0.355. The SMILES string of the molecule is CC(C)(C)c1ccc[nH]1.CC(C)(C)c1nccs1.CC(C)(C)n1cccn1. The topological polar surface area (TPSA) is 46.5 Å². The van der Waals surface area contributed by atoms with Crippen molar-refractivity contribution in [2.75, 3.05) is 0 Å². The van der Waals surface area contributed by atoms with Crippen LogP contribution in [0.4, 0.5) is 0 Å². The summed E-state index contributed by atoms with van der Waals surface area (Å²) in [5, 5.41) is 7.33. The number of hydrogen-bond donors (Lipinski definition) is 1. The Morgan fingerprint density at radius 1 is 0.889 bits per heavy atom. The molecule has 0 aromatic carbocycles. The van der Waals surface area contributed by atoms with Gasteiger partial charge in [-0.05, 0) is 39.0 Å². The zero-order valence-electron chi connectivity index (χ0n) is 18.4. The summed E-state index contributed by atoms with van der Waals surface area (Å²) in [6.07, 6.45) is 7.58. The van der Waals surface area contributed by atoms with E-state index in [1.165, 1.54) is 10.7 Å². The van der Waals surface area contributed by atoms with Crippen molar-refractivity contribution in [2.24, 2.45) is 0 Å². The Bertz CT molecular complexity index is 615. The highest BCUT2D eigenvalue weighted by Crippen LogP contribution is 2.23. The molecule has 3 aromatic rings. The molecule has 0 radical (unpaired) electrons. The van der Waals surface area contributed by atoms with Gasteiger partial charge >= 0.3 is 0 Å². The van der Waals surface area contributed by atoms with Crippen molar-refractivity contribution < 1.29 is 0 Å². The molecule has 27 heavy (non-hydrogen) atoms. The summed E-state index contributed by atoms with van der Waals surface area (Å²) in [5.41, 5.74) is 1.92. The number of aromatic nitrogens is 4. The Balaban J connectivity index is 0.000000202. The van der Waals surface area contributed by atoms with Gasteiger partial charge in [-0.15, -0.1) is 11.3 Å². The summed E-state index contributed by atoms with van der Waals surface area (Å²) < 4.78 is 1.94. The van der Waals surface area contributed by atoms with Gasteiger partial charge in [-0.3, -0.25) is 4.68 Å². The Hall–Kier alpha value is -1.88. The lowest BCUT2D eigenvalue weighted by Gasteiger charge is -2.18. The average molecular weight is 389 g/mol. The zero-order valence-corrected chi connectivity index (χ0v) is 19.2. The van der Waals surface area contributed by atoms with Crippen LogP contribution in [0.25, 0.3) is 0 Å². The minimum Gasteiger partial charge on any atom is -0.365 e. The number of thiazole rings is 1. The number of nitrogens with one attached hydrogen (secondary N) is 1. The Morgan fingerprint density at radius 3 is 1.78 bits per heavy atom. The molecular weight excluding hydrogens is 352 g/mol. The molecule has 0 aliphatic carbocycles. The molecule has 0 saturated carbocycles. The molecule has 0 aliphatic heterocycles. The molecule has 3 rings (SSSR count). The van der Waals surface area contributed by atoms with E-state index in [1.54, 1.807) is 17.5 Å². The van der Waals surface area contributed by atoms with Crippen molar-refractivity contribution in [3.63, 3.8) is 0 Å². The number of rotatable bonds is 0. The maximum Gasteiger partial charge on any atom is 0.0978 e. The van der Waals surface area contributed by atoms with Crippen molar-refractivity contribution >= 4 is 11.3 Å². The molecule has 5 heteroatoms. The first-order chi connectivity index (χ1) is 12.3. The van der Waals surface area contributed by atoms with Gasteiger partial charge in [0.05, 0.1) is 10.5 Å². The van der Waals surface area contributed by atoms with Gasteiger partial charge in [0.25, 0.3) is 0 Å². The van der Waals surface area contributed by atoms with Crippen molar-refractivity contribution in [1.82, 2.24) is 19.7 Å². The van der Waals surface area contributed by atoms with Crippen molar-refractivity contribution in [2.45, 2.75) is 78.7 Å². The van der Waals surface area contributed by atoms with Gasteiger partial charge in [0, 0.05) is 46.7 Å². The fourth-order valence-electron chi connectivity index (χ4n) is 2.06. The van der Waals surface area contributed by atoms with E-state index >= 15 is 0 Å². The first-order valence-corrected chi connectivity index (χ1v) is 10.2. The molecule has 0 unspecified atom stereocenters. The Labute approximate surface area is 169 Å². The maximum absolute atomic E-state index is 4.21. The monoisotopic (exact) mass is 388 g/mol. The fourth-order valence-corrected chi connectivity index (χ4v) is 2.78. The first kappa shape index (κ1) is 23.2. The van der Waals surface area contributed by atoms with Crippen LogP contribution in [-0.2, 0) is 16.4 Å². The molecule has 3 aromatic heterocycles. The van der Waals surface area contributed by atoms with Gasteiger partial charge in [0.15, 0.2) is 0 Å². The van der Waals surface area contributed by atoms with Crippen molar-refractivity contribution in [3.05, 3.63) is 59.1 Å². The van der Waals surface area contributed by atoms with Gasteiger partial charge in [0.1, 0.15) is 0 Å². The quantitative estimate of drug-likeness (QED) is 0.485. The van der Waals surface area contributed by atoms with Crippen LogP contribution in [0.2, 0.25) is 0 Å². The minimum atomic E-state index is 0.128. The molecule has 0 aliphatic rings. The number of aromatic amines is 1. The van der Waals surface area contributed by atoms with Crippen LogP contribution >= 0.6 is 11.3 Å². The van der Waals surface area contributed by atoms with Crippen LogP contribution in [-0.4, -0.2) is 19.7 Å². The third kappa shape index (κ3) is 8.57. The summed E-state index contributed by atoms with van der Waals surface area (Å²) >= 11 is 1.72. The predicted octanol–water partition coefficient (Wildman–Crippen LogP) is 6.39. The fraction of sp³-hybridized carbons (Fsp3) is 0.545. The molecule has 3 heterocycles. The van der Waals surface area contributed by atoms with Crippen LogP contribution in [0.3, 0.4) is 0 Å². The largest absolute Gasteiger partial charge is 0.365 e. The van der Waals surface area contributed by atoms with E-state index in [1.807, 2.05) is 40.8 Å². The van der Waals surface area contributed by atoms with E-state index in [2.05, 4.69) is 83.4 Å². The second-order valence-corrected chi connectivity index (χ2v) is 10.4. The van der Waals surface area contributed by atoms with Gasteiger partial charge in [-0.25, -0.2) is 4.98 Å². The molecule has 150 valence electrons. The molecule has 0 saturated heterocycles. The van der Waals surface area contributed by atoms with E-state index in [9.17, 15) is 0 Å². The minimum absolute atomic E-state index is 0.128. The lowest BCUT2D eigenvalue weighted by atomic mass is 9.93. The average Bonchev–Trinajstić information content (AvgIpc) is 3.28. The number of nitrogens with zero attached hydrogens (tertiary/aromatic N) is 3. The van der Waals surface area contributed by atoms with Gasteiger partial charge in [0.2, 0.25) is 0 Å². The number of hydrogen-bond acceptors (Lipinski definition) is 3. The molecular formula is C22H36N4S. The predicted molar refractivity (Wildman–Crippen MR) is 118 cm³/mol. The zero-order chi connectivity index (χ0) is 20.7. The summed E-state index contributed by atoms with van der Waals surface area (Å²) in [7, 11) is 0. The molecule has 4 nitrogen and oxygen atoms in total. The van der Waals surface area contributed by atoms with Gasteiger partial charge < -0.3 is 4.98 Å². The summed E-state index contributed by atoms with van der Waals surface area (Å²) in [4.78, 5) is 7.38. The van der Waals surface area contributed by atoms with Crippen LogP contribution in [0.15, 0.2) is 48.4 Å². The standard InChI is InChI=1S/C8H13N.C7H12N2.C7H11NS/c1-8(2,3)7-5-4-6-9-7;1-7(2,3)9-6-4-5-8-9;1-7(2,3)6-8-4-5-9-6/h4-6,9H,1-3H3;4-6H,1-3H3;4-5H,1-3H3. The van der Waals surface area contributed by atoms with Crippen molar-refractivity contribution in [1.29, 1.82) is 0 Å². The third-order valence-electron chi connectivity index (χ3n) is 3.67. The van der Waals surface area contributed by atoms with Crippen molar-refractivity contribution in [3.8, 4) is 0 Å². The maximum atomic E-state index is 4.21. The molecule has 0 bridgehead atoms. The second-order valence-electron chi connectivity index (χ2n) is 9.54. The van der Waals surface area contributed by atoms with Crippen LogP contribution in [0.1, 0.15) is 73.0 Å². The van der Waals surface area contributed by atoms with E-state index in [0.717, 1.165) is 0 Å². The summed E-state index contributed by atoms with van der Waals surface area (Å²) in [6, 6.07) is 6.08. The van der Waals surface area contributed by atoms with Crippen LogP contribution in [0.5, 0.6) is 0 Å². The first-order valence-electron chi connectivity index (χ1n) is 9.36. The highest BCUT2D eigenvalue weighted by molar-refractivity contribution is 7.09. The van der Waals surface area contributed by atoms with E-state index in [0.29, 0.717) is 0 Å². The van der Waals surface area contributed by atoms with E-state index in [4.69, 9.17) is 0 Å². The van der Waals surface area contributed by atoms with E-state index in [-0.39, 0.29) is 16.4 Å². The smallest absolute Gasteiger partial charge is 0.0978 e. The molecule has 0 atom stereocenters. The molecule has 0 spiro atoms. The van der Waals surface area contributed by atoms with E-state index < -0.39 is 0 Å². The number of H-pyrrole nitrogens is 1. The lowest BCUT2D eigenvalue weighted by Crippen LogP contribution is -2.21. The second kappa shape index (κ2) is 9.36. The summed E-state index contributed by atoms with van der Waals surface area (Å²) in [6.45, 7) is 19.5. The highest BCUT2D eigenvalue weighted by atomic mass is 32.1. The molecule has 1 N–H and O–H groups in total. The Morgan fingerprint density at radius 2 is 1.56 bits per heavy atom. The van der Waals surface area contributed by atoms with Crippen LogP contribution in [0, 0.1) is 0 Å². The highest BCUT2D eigenvalue weighted by Gasteiger charge is 2.15. The van der Waals surface area contributed by atoms with Crippen LogP contribution < -0.4 is 0 Å². The van der Waals surface area contributed by atoms with Gasteiger partial charge in [-0.1, -0.05) is 41.5 Å². The summed E-state index contributed by atoms with van der Waals surface area (Å²) in [5.74, 6) is 0.